The second-order valence-corrected chi connectivity index (χ2v) is 6.70. The van der Waals surface area contributed by atoms with E-state index in [2.05, 4.69) is 10.3 Å². The van der Waals surface area contributed by atoms with Crippen molar-refractivity contribution in [3.63, 3.8) is 0 Å². The van der Waals surface area contributed by atoms with Crippen molar-refractivity contribution in [2.75, 3.05) is 0 Å². The number of rotatable bonds is 6. The summed E-state index contributed by atoms with van der Waals surface area (Å²) in [7, 11) is 0. The van der Waals surface area contributed by atoms with Gasteiger partial charge in [-0.2, -0.15) is 0 Å². The number of carbonyl (C=O) groups is 2. The zero-order valence-corrected chi connectivity index (χ0v) is 16.6. The molecule has 3 N–H and O–H groups in total. The van der Waals surface area contributed by atoms with E-state index in [0.717, 1.165) is 5.56 Å². The van der Waals surface area contributed by atoms with Gasteiger partial charge in [-0.05, 0) is 24.3 Å². The van der Waals surface area contributed by atoms with E-state index in [9.17, 15) is 14.7 Å². The molecule has 1 aromatic heterocycles. The lowest BCUT2D eigenvalue weighted by atomic mass is 10.0. The number of carbonyl (C=O) groups excluding carboxylic acids is 2. The third kappa shape index (κ3) is 4.24. The number of benzene rings is 2. The zero-order chi connectivity index (χ0) is 22.5. The molecule has 0 atom stereocenters. The van der Waals surface area contributed by atoms with Crippen LogP contribution >= 0.6 is 0 Å². The molecule has 0 radical (unpaired) electrons. The Morgan fingerprint density at radius 1 is 1.00 bits per heavy atom. The molecule has 2 aromatic carbocycles. The van der Waals surface area contributed by atoms with Crippen molar-refractivity contribution in [3.05, 3.63) is 101 Å². The summed E-state index contributed by atoms with van der Waals surface area (Å²) in [5, 5.41) is 17.7. The molecule has 158 valence electrons. The van der Waals surface area contributed by atoms with E-state index in [1.165, 1.54) is 24.3 Å². The number of aromatic nitrogens is 1. The molecule has 2 heterocycles. The summed E-state index contributed by atoms with van der Waals surface area (Å²) in [5.74, 6) is -1.78. The number of hydrogen-bond acceptors (Lipinski definition) is 7. The van der Waals surface area contributed by atoms with Crippen LogP contribution in [-0.2, 0) is 14.4 Å². The molecule has 3 aromatic rings. The van der Waals surface area contributed by atoms with Crippen LogP contribution in [0.3, 0.4) is 0 Å². The minimum Gasteiger partial charge on any atom is -0.479 e. The SMILES string of the molecule is NC(=O)C(=C\C=C1\C(=O)ON=C1c1ccccc1)/C=C/c1c(-c2ccccc2)noc1O. The molecule has 1 aliphatic heterocycles. The average molecular weight is 427 g/mol. The van der Waals surface area contributed by atoms with Crippen LogP contribution in [0.25, 0.3) is 17.3 Å². The van der Waals surface area contributed by atoms with E-state index in [0.29, 0.717) is 17.0 Å². The highest BCUT2D eigenvalue weighted by Gasteiger charge is 2.26. The van der Waals surface area contributed by atoms with Crippen molar-refractivity contribution < 1.29 is 24.1 Å². The third-order valence-corrected chi connectivity index (χ3v) is 4.64. The zero-order valence-electron chi connectivity index (χ0n) is 16.6. The predicted molar refractivity (Wildman–Crippen MR) is 117 cm³/mol. The summed E-state index contributed by atoms with van der Waals surface area (Å²) in [6.07, 6.45) is 5.66. The monoisotopic (exact) mass is 427 g/mol. The molecule has 0 aliphatic carbocycles. The van der Waals surface area contributed by atoms with E-state index in [4.69, 9.17) is 15.1 Å². The number of allylic oxidation sites excluding steroid dienone is 2. The third-order valence-electron chi connectivity index (χ3n) is 4.64. The largest absolute Gasteiger partial charge is 0.479 e. The van der Waals surface area contributed by atoms with Crippen molar-refractivity contribution in [2.24, 2.45) is 10.9 Å². The van der Waals surface area contributed by atoms with Gasteiger partial charge in [0.05, 0.1) is 11.1 Å². The van der Waals surface area contributed by atoms with Gasteiger partial charge in [0.1, 0.15) is 11.4 Å². The molecule has 0 saturated heterocycles. The van der Waals surface area contributed by atoms with Crippen molar-refractivity contribution in [2.45, 2.75) is 0 Å². The molecule has 0 unspecified atom stereocenters. The highest BCUT2D eigenvalue weighted by atomic mass is 16.7. The van der Waals surface area contributed by atoms with Crippen LogP contribution in [0.15, 0.2) is 99.7 Å². The van der Waals surface area contributed by atoms with Crippen LogP contribution in [0.1, 0.15) is 11.1 Å². The smallest absolute Gasteiger partial charge is 0.368 e. The summed E-state index contributed by atoms with van der Waals surface area (Å²) < 4.78 is 4.89. The topological polar surface area (TPSA) is 128 Å². The Bertz CT molecular complexity index is 1290. The van der Waals surface area contributed by atoms with Crippen LogP contribution in [0.5, 0.6) is 5.95 Å². The summed E-state index contributed by atoms with van der Waals surface area (Å²) in [4.78, 5) is 28.9. The molecular weight excluding hydrogens is 410 g/mol. The number of primary amides is 1. The van der Waals surface area contributed by atoms with Gasteiger partial charge in [0.15, 0.2) is 0 Å². The van der Waals surface area contributed by atoms with Gasteiger partial charge in [-0.1, -0.05) is 71.0 Å². The Hall–Kier alpha value is -4.72. The predicted octanol–water partition coefficient (Wildman–Crippen LogP) is 3.36. The van der Waals surface area contributed by atoms with Gasteiger partial charge in [0, 0.05) is 16.7 Å². The summed E-state index contributed by atoms with van der Waals surface area (Å²) >= 11 is 0. The Labute approximate surface area is 182 Å². The molecule has 0 fully saturated rings. The Kier molecular flexibility index (Phi) is 5.76. The van der Waals surface area contributed by atoms with Gasteiger partial charge in [-0.25, -0.2) is 4.79 Å². The molecule has 0 spiro atoms. The number of amides is 1. The Morgan fingerprint density at radius 2 is 1.66 bits per heavy atom. The Morgan fingerprint density at radius 3 is 2.31 bits per heavy atom. The summed E-state index contributed by atoms with van der Waals surface area (Å²) in [6.45, 7) is 0. The molecule has 8 nitrogen and oxygen atoms in total. The van der Waals surface area contributed by atoms with Gasteiger partial charge in [-0.3, -0.25) is 4.79 Å². The standard InChI is InChI=1S/C24H17N3O5/c25-22(28)17(11-13-18-20(26-31-23(18)29)15-7-3-1-4-8-15)12-14-19-21(27-32-24(19)30)16-9-5-2-6-10-16/h1-14,29H,(H2,25,28)/b13-11+,17-12-,19-14+. The van der Waals surface area contributed by atoms with E-state index in [1.807, 2.05) is 24.3 Å². The lowest BCUT2D eigenvalue weighted by Gasteiger charge is -2.00. The second-order valence-electron chi connectivity index (χ2n) is 6.70. The highest BCUT2D eigenvalue weighted by Crippen LogP contribution is 2.31. The highest BCUT2D eigenvalue weighted by molar-refractivity contribution is 6.29. The first-order chi connectivity index (χ1) is 15.5. The van der Waals surface area contributed by atoms with Crippen LogP contribution in [-0.4, -0.2) is 27.9 Å². The van der Waals surface area contributed by atoms with Crippen LogP contribution < -0.4 is 5.73 Å². The maximum absolute atomic E-state index is 12.1. The number of nitrogens with two attached hydrogens (primary N) is 1. The van der Waals surface area contributed by atoms with Crippen molar-refractivity contribution in [1.29, 1.82) is 0 Å². The van der Waals surface area contributed by atoms with Gasteiger partial charge in [-0.15, -0.1) is 0 Å². The number of oxime groups is 1. The van der Waals surface area contributed by atoms with Crippen molar-refractivity contribution in [3.8, 4) is 17.2 Å². The fourth-order valence-electron chi connectivity index (χ4n) is 3.04. The second kappa shape index (κ2) is 8.97. The number of aromatic hydroxyl groups is 1. The Balaban J connectivity index is 1.66. The molecule has 8 heteroatoms. The van der Waals surface area contributed by atoms with Crippen LogP contribution in [0.2, 0.25) is 0 Å². The van der Waals surface area contributed by atoms with Gasteiger partial charge in [0.2, 0.25) is 5.91 Å². The van der Waals surface area contributed by atoms with Crippen molar-refractivity contribution >= 4 is 23.7 Å². The first kappa shape index (κ1) is 20.5. The minimum atomic E-state index is -0.736. The molecule has 1 aliphatic rings. The molecule has 4 rings (SSSR count). The lowest BCUT2D eigenvalue weighted by Crippen LogP contribution is -2.12. The maximum Gasteiger partial charge on any atom is 0.368 e. The van der Waals surface area contributed by atoms with Crippen LogP contribution in [0.4, 0.5) is 0 Å². The summed E-state index contributed by atoms with van der Waals surface area (Å²) in [5.41, 5.74) is 8.19. The van der Waals surface area contributed by atoms with E-state index < -0.39 is 17.8 Å². The fourth-order valence-corrected chi connectivity index (χ4v) is 3.04. The van der Waals surface area contributed by atoms with Crippen LogP contribution in [0, 0.1) is 0 Å². The van der Waals surface area contributed by atoms with E-state index in [-0.39, 0.29) is 16.7 Å². The molecule has 32 heavy (non-hydrogen) atoms. The van der Waals surface area contributed by atoms with Crippen molar-refractivity contribution in [1.82, 2.24) is 5.16 Å². The quantitative estimate of drug-likeness (QED) is 0.353. The number of hydrogen-bond donors (Lipinski definition) is 2. The molecule has 0 saturated carbocycles. The van der Waals surface area contributed by atoms with E-state index in [1.54, 1.807) is 36.4 Å². The number of nitrogens with zero attached hydrogens (tertiary/aromatic N) is 2. The maximum atomic E-state index is 12.1. The van der Waals surface area contributed by atoms with E-state index >= 15 is 0 Å². The lowest BCUT2D eigenvalue weighted by molar-refractivity contribution is -0.136. The first-order valence-electron chi connectivity index (χ1n) is 9.53. The minimum absolute atomic E-state index is 0.0734. The normalized spacial score (nSPS) is 15.2. The molecular formula is C24H17N3O5. The van der Waals surface area contributed by atoms with Gasteiger partial charge >= 0.3 is 11.9 Å². The van der Waals surface area contributed by atoms with Gasteiger partial charge in [0.25, 0.3) is 0 Å². The summed E-state index contributed by atoms with van der Waals surface area (Å²) in [6, 6.07) is 18.1. The molecule has 1 amide bonds. The molecule has 0 bridgehead atoms. The average Bonchev–Trinajstić information content (AvgIpc) is 3.37. The first-order valence-corrected chi connectivity index (χ1v) is 9.53. The van der Waals surface area contributed by atoms with Gasteiger partial charge < -0.3 is 20.2 Å². The fraction of sp³-hybridized carbons (Fsp3) is 0.